The monoisotopic (exact) mass is 243 g/mol. The molecular formula is C15H17NO2. The molecule has 0 heterocycles. The van der Waals surface area contributed by atoms with Crippen molar-refractivity contribution in [2.24, 2.45) is 5.92 Å². The van der Waals surface area contributed by atoms with Crippen LogP contribution >= 0.6 is 0 Å². The number of methoxy groups -OCH3 is 1. The zero-order valence-corrected chi connectivity index (χ0v) is 10.8. The highest BCUT2D eigenvalue weighted by Gasteiger charge is 2.36. The molecular weight excluding hydrogens is 226 g/mol. The van der Waals surface area contributed by atoms with Crippen LogP contribution in [-0.2, 0) is 11.2 Å². The summed E-state index contributed by atoms with van der Waals surface area (Å²) in [6, 6.07) is 7.88. The zero-order valence-electron chi connectivity index (χ0n) is 10.8. The first-order chi connectivity index (χ1) is 8.71. The second kappa shape index (κ2) is 5.22. The van der Waals surface area contributed by atoms with Crippen LogP contribution in [0.4, 0.5) is 0 Å². The first-order valence-electron chi connectivity index (χ1n) is 6.31. The summed E-state index contributed by atoms with van der Waals surface area (Å²) in [4.78, 5) is 12.1. The topological polar surface area (TPSA) is 50.1 Å². The summed E-state index contributed by atoms with van der Waals surface area (Å²) in [6.45, 7) is 2.05. The number of hydrogen-bond donors (Lipinski definition) is 0. The zero-order chi connectivity index (χ0) is 13.1. The lowest BCUT2D eigenvalue weighted by atomic mass is 9.91. The molecule has 3 nitrogen and oxygen atoms in total. The second-order valence-electron chi connectivity index (χ2n) is 4.67. The number of carbonyl (C=O) groups excluding carboxylic acids is 1. The van der Waals surface area contributed by atoms with Crippen LogP contribution in [0.5, 0.6) is 5.75 Å². The van der Waals surface area contributed by atoms with E-state index in [-0.39, 0.29) is 11.7 Å². The first-order valence-corrected chi connectivity index (χ1v) is 6.31. The van der Waals surface area contributed by atoms with Gasteiger partial charge in [-0.05, 0) is 30.9 Å². The molecule has 1 saturated carbocycles. The fraction of sp³-hybridized carbons (Fsp3) is 0.467. The Hall–Kier alpha value is -1.82. The number of Topliss-reactive ketones (excluding diaryl/α,β-unsaturated/α-hetero) is 1. The average molecular weight is 243 g/mol. The van der Waals surface area contributed by atoms with E-state index in [9.17, 15) is 10.1 Å². The van der Waals surface area contributed by atoms with Gasteiger partial charge in [-0.2, -0.15) is 5.26 Å². The number of ketones is 1. The predicted molar refractivity (Wildman–Crippen MR) is 68.5 cm³/mol. The van der Waals surface area contributed by atoms with E-state index < -0.39 is 5.92 Å². The summed E-state index contributed by atoms with van der Waals surface area (Å²) in [7, 11) is 1.57. The van der Waals surface area contributed by atoms with Crippen molar-refractivity contribution in [2.45, 2.75) is 32.1 Å². The highest BCUT2D eigenvalue weighted by Crippen LogP contribution is 2.38. The quantitative estimate of drug-likeness (QED) is 0.799. The third-order valence-corrected chi connectivity index (χ3v) is 3.41. The van der Waals surface area contributed by atoms with Crippen LogP contribution in [0.15, 0.2) is 18.2 Å². The van der Waals surface area contributed by atoms with Crippen molar-refractivity contribution in [3.8, 4) is 11.8 Å². The largest absolute Gasteiger partial charge is 0.496 e. The van der Waals surface area contributed by atoms with E-state index in [0.29, 0.717) is 5.75 Å². The number of nitriles is 1. The molecule has 1 aliphatic carbocycles. The fourth-order valence-corrected chi connectivity index (χ4v) is 2.12. The number of nitrogens with zero attached hydrogens (tertiary/aromatic N) is 1. The van der Waals surface area contributed by atoms with Gasteiger partial charge in [0.2, 0.25) is 0 Å². The number of carbonyl (C=O) groups is 1. The van der Waals surface area contributed by atoms with Gasteiger partial charge in [0.25, 0.3) is 0 Å². The normalized spacial score (nSPS) is 15.8. The van der Waals surface area contributed by atoms with Crippen LogP contribution in [0.2, 0.25) is 0 Å². The molecule has 0 spiro atoms. The maximum absolute atomic E-state index is 12.1. The van der Waals surface area contributed by atoms with Crippen molar-refractivity contribution >= 4 is 5.78 Å². The lowest BCUT2D eigenvalue weighted by Crippen LogP contribution is -2.14. The molecule has 0 amide bonds. The summed E-state index contributed by atoms with van der Waals surface area (Å²) >= 11 is 0. The lowest BCUT2D eigenvalue weighted by Gasteiger charge is -2.14. The van der Waals surface area contributed by atoms with Gasteiger partial charge in [-0.3, -0.25) is 4.79 Å². The van der Waals surface area contributed by atoms with E-state index in [2.05, 4.69) is 13.0 Å². The van der Waals surface area contributed by atoms with Gasteiger partial charge in [0, 0.05) is 11.5 Å². The van der Waals surface area contributed by atoms with Gasteiger partial charge in [0.1, 0.15) is 11.7 Å². The average Bonchev–Trinajstić information content (AvgIpc) is 3.23. The molecule has 0 N–H and O–H groups in total. The maximum atomic E-state index is 12.1. The third kappa shape index (κ3) is 2.38. The Morgan fingerprint density at radius 1 is 1.56 bits per heavy atom. The molecule has 0 saturated heterocycles. The Labute approximate surface area is 107 Å². The van der Waals surface area contributed by atoms with Crippen LogP contribution in [0.3, 0.4) is 0 Å². The smallest absolute Gasteiger partial charge is 0.157 e. The molecule has 0 radical (unpaired) electrons. The van der Waals surface area contributed by atoms with Crippen molar-refractivity contribution in [3.05, 3.63) is 29.3 Å². The third-order valence-electron chi connectivity index (χ3n) is 3.41. The van der Waals surface area contributed by atoms with E-state index in [4.69, 9.17) is 4.74 Å². The number of rotatable bonds is 5. The summed E-state index contributed by atoms with van der Waals surface area (Å²) < 4.78 is 5.27. The minimum absolute atomic E-state index is 0.0454. The van der Waals surface area contributed by atoms with E-state index in [1.807, 2.05) is 18.2 Å². The van der Waals surface area contributed by atoms with E-state index >= 15 is 0 Å². The lowest BCUT2D eigenvalue weighted by molar-refractivity contribution is -0.120. The molecule has 1 fully saturated rings. The molecule has 1 unspecified atom stereocenters. The van der Waals surface area contributed by atoms with E-state index in [1.54, 1.807) is 7.11 Å². The van der Waals surface area contributed by atoms with Gasteiger partial charge >= 0.3 is 0 Å². The minimum Gasteiger partial charge on any atom is -0.496 e. The van der Waals surface area contributed by atoms with Gasteiger partial charge in [-0.25, -0.2) is 0 Å². The number of hydrogen-bond acceptors (Lipinski definition) is 3. The highest BCUT2D eigenvalue weighted by atomic mass is 16.5. The Balaban J connectivity index is 2.39. The maximum Gasteiger partial charge on any atom is 0.157 e. The summed E-state index contributed by atoms with van der Waals surface area (Å²) in [5, 5.41) is 9.28. The van der Waals surface area contributed by atoms with Crippen molar-refractivity contribution < 1.29 is 9.53 Å². The molecule has 1 aromatic carbocycles. The van der Waals surface area contributed by atoms with Crippen molar-refractivity contribution in [1.29, 1.82) is 5.26 Å². The number of aryl methyl sites for hydroxylation is 1. The molecule has 3 heteroatoms. The van der Waals surface area contributed by atoms with Gasteiger partial charge in [-0.15, -0.1) is 0 Å². The molecule has 2 rings (SSSR count). The SMILES string of the molecule is CCc1ccc(OC)c(C(C#N)C(=O)C2CC2)c1. The Bertz CT molecular complexity index is 498. The Morgan fingerprint density at radius 2 is 2.28 bits per heavy atom. The number of ether oxygens (including phenoxy) is 1. The Morgan fingerprint density at radius 3 is 2.78 bits per heavy atom. The summed E-state index contributed by atoms with van der Waals surface area (Å²) in [5.74, 6) is 0.0837. The molecule has 94 valence electrons. The Kier molecular flexibility index (Phi) is 3.66. The second-order valence-corrected chi connectivity index (χ2v) is 4.67. The van der Waals surface area contributed by atoms with Gasteiger partial charge in [-0.1, -0.05) is 19.1 Å². The van der Waals surface area contributed by atoms with Crippen LogP contribution in [-0.4, -0.2) is 12.9 Å². The van der Waals surface area contributed by atoms with Crippen molar-refractivity contribution in [3.63, 3.8) is 0 Å². The first kappa shape index (κ1) is 12.6. The molecule has 0 aliphatic heterocycles. The minimum atomic E-state index is -0.682. The van der Waals surface area contributed by atoms with Gasteiger partial charge in [0.05, 0.1) is 13.2 Å². The van der Waals surface area contributed by atoms with E-state index in [1.165, 1.54) is 0 Å². The molecule has 1 aliphatic rings. The van der Waals surface area contributed by atoms with Crippen molar-refractivity contribution in [2.75, 3.05) is 7.11 Å². The van der Waals surface area contributed by atoms with Crippen molar-refractivity contribution in [1.82, 2.24) is 0 Å². The van der Waals surface area contributed by atoms with Crippen LogP contribution in [0.1, 0.15) is 36.8 Å². The van der Waals surface area contributed by atoms with Crippen LogP contribution in [0, 0.1) is 17.2 Å². The van der Waals surface area contributed by atoms with Gasteiger partial charge < -0.3 is 4.74 Å². The van der Waals surface area contributed by atoms with E-state index in [0.717, 1.165) is 30.4 Å². The molecule has 0 aromatic heterocycles. The predicted octanol–water partition coefficient (Wildman–Crippen LogP) is 2.84. The number of benzene rings is 1. The summed E-state index contributed by atoms with van der Waals surface area (Å²) in [5.41, 5.74) is 1.84. The van der Waals surface area contributed by atoms with Gasteiger partial charge in [0.15, 0.2) is 5.78 Å². The van der Waals surface area contributed by atoms with Crippen LogP contribution < -0.4 is 4.74 Å². The molecule has 1 atom stereocenters. The molecule has 18 heavy (non-hydrogen) atoms. The fourth-order valence-electron chi connectivity index (χ4n) is 2.12. The standard InChI is InChI=1S/C15H17NO2/c1-3-10-4-7-14(18-2)12(8-10)13(9-16)15(17)11-5-6-11/h4,7-8,11,13H,3,5-6H2,1-2H3. The molecule has 0 bridgehead atoms. The molecule has 1 aromatic rings. The summed E-state index contributed by atoms with van der Waals surface area (Å²) in [6.07, 6.45) is 2.73. The van der Waals surface area contributed by atoms with Crippen LogP contribution in [0.25, 0.3) is 0 Å². The highest BCUT2D eigenvalue weighted by molar-refractivity contribution is 5.92.